The maximum absolute atomic E-state index is 16.0. The first-order chi connectivity index (χ1) is 15.1. The molecule has 5 nitrogen and oxygen atoms in total. The van der Waals surface area contributed by atoms with Crippen molar-refractivity contribution in [1.29, 1.82) is 0 Å². The van der Waals surface area contributed by atoms with Gasteiger partial charge in [-0.05, 0) is 30.7 Å². The Kier molecular flexibility index (Phi) is 4.02. The van der Waals surface area contributed by atoms with Gasteiger partial charge < -0.3 is 10.2 Å². The number of rotatable bonds is 5. The first-order valence-corrected chi connectivity index (χ1v) is 8.50. The second-order valence-corrected chi connectivity index (χ2v) is 6.44. The summed E-state index contributed by atoms with van der Waals surface area (Å²) in [5.74, 6) is -1.70. The van der Waals surface area contributed by atoms with Gasteiger partial charge in [-0.3, -0.25) is 4.79 Å². The van der Waals surface area contributed by atoms with Gasteiger partial charge in [0, 0.05) is 58.5 Å². The normalized spacial score (nSPS) is 27.5. The number of aromatic nitrogens is 2. The van der Waals surface area contributed by atoms with Crippen molar-refractivity contribution in [3.63, 3.8) is 0 Å². The van der Waals surface area contributed by atoms with Gasteiger partial charge in [0.15, 0.2) is 0 Å². The largest absolute Gasteiger partial charge is 0.338 e. The fraction of sp³-hybridized carbons (Fsp3) is 0.421. The lowest BCUT2D eigenvalue weighted by Gasteiger charge is -2.36. The van der Waals surface area contributed by atoms with E-state index < -0.39 is 49.7 Å². The fourth-order valence-electron chi connectivity index (χ4n) is 2.35. The van der Waals surface area contributed by atoms with E-state index in [4.69, 9.17) is 19.8 Å². The highest BCUT2D eigenvalue weighted by atomic mass is 35.5. The molecule has 27 heavy (non-hydrogen) atoms. The third kappa shape index (κ3) is 4.99. The highest BCUT2D eigenvalue weighted by molar-refractivity contribution is 6.31. The van der Waals surface area contributed by atoms with Crippen molar-refractivity contribution in [3.05, 3.63) is 58.4 Å². The average Bonchev–Trinajstić information content (AvgIpc) is 2.73. The first-order valence-electron chi connectivity index (χ1n) is 11.1. The van der Waals surface area contributed by atoms with Crippen LogP contribution in [-0.2, 0) is 6.54 Å². The summed E-state index contributed by atoms with van der Waals surface area (Å²) < 4.78 is 78.8. The molecule has 1 aromatic heterocycles. The van der Waals surface area contributed by atoms with Crippen LogP contribution < -0.4 is 5.32 Å². The summed E-state index contributed by atoms with van der Waals surface area (Å²) in [5, 5.41) is 1.86. The molecule has 1 aliphatic rings. The fourth-order valence-corrected chi connectivity index (χ4v) is 2.53. The highest BCUT2D eigenvalue weighted by Crippen LogP contribution is 2.27. The number of hydrogen-bond donors (Lipinski definition) is 1. The molecule has 1 amide bonds. The number of aryl methyl sites for hydroxylation is 1. The molecule has 3 rings (SSSR count). The third-order valence-electron chi connectivity index (χ3n) is 3.85. The highest BCUT2D eigenvalue weighted by Gasteiger charge is 2.36. The SMILES string of the molecule is [2H]C([2H])(NCc1ncc(C)cn1)C1(F)CCN(C(=O)c2ccc(F)c(Cl)c2)C([2H])([2H])C1([2H])[2H]. The predicted octanol–water partition coefficient (Wildman–Crippen LogP) is 3.31. The van der Waals surface area contributed by atoms with Crippen LogP contribution >= 0.6 is 11.6 Å². The second kappa shape index (κ2) is 8.27. The molecule has 0 spiro atoms. The molecule has 0 saturated carbocycles. The molecular formula is C19H21ClF2N4O. The van der Waals surface area contributed by atoms with Gasteiger partial charge in [-0.25, -0.2) is 18.7 Å². The lowest BCUT2D eigenvalue weighted by Crippen LogP contribution is -2.48. The summed E-state index contributed by atoms with van der Waals surface area (Å²) in [7, 11) is 0. The number of amides is 1. The number of likely N-dealkylation sites (tertiary alicyclic amines) is 1. The van der Waals surface area contributed by atoms with Crippen LogP contribution in [0, 0.1) is 12.7 Å². The molecule has 1 fully saturated rings. The molecule has 0 radical (unpaired) electrons. The van der Waals surface area contributed by atoms with E-state index in [1.54, 1.807) is 6.92 Å². The van der Waals surface area contributed by atoms with Crippen molar-refractivity contribution in [2.24, 2.45) is 0 Å². The minimum atomic E-state index is -3.48. The molecule has 1 aromatic carbocycles. The van der Waals surface area contributed by atoms with E-state index in [-0.39, 0.29) is 23.0 Å². The standard InChI is InChI=1S/C19H21ClF2N4O/c1-13-9-24-17(25-10-13)11-23-12-19(22)4-6-26(7-5-19)18(27)14-2-3-16(21)15(20)8-14/h2-3,8-10,23H,4-7,11-12H2,1H3/i4D2,6D2,12D2. The molecule has 1 unspecified atom stereocenters. The number of benzene rings is 1. The van der Waals surface area contributed by atoms with E-state index in [0.717, 1.165) is 23.8 Å². The van der Waals surface area contributed by atoms with Gasteiger partial charge in [0.1, 0.15) is 17.3 Å². The molecular weight excluding hydrogens is 374 g/mol. The van der Waals surface area contributed by atoms with Crippen LogP contribution in [0.25, 0.3) is 0 Å². The minimum absolute atomic E-state index is 0.137. The van der Waals surface area contributed by atoms with Crippen LogP contribution in [0.5, 0.6) is 0 Å². The molecule has 144 valence electrons. The topological polar surface area (TPSA) is 58.1 Å². The van der Waals surface area contributed by atoms with Crippen LogP contribution in [0.15, 0.2) is 30.6 Å². The summed E-state index contributed by atoms with van der Waals surface area (Å²) in [6.45, 7) is -5.54. The van der Waals surface area contributed by atoms with Crippen LogP contribution in [0.1, 0.15) is 42.8 Å². The summed E-state index contributed by atoms with van der Waals surface area (Å²) in [5.41, 5.74) is -2.83. The Morgan fingerprint density at radius 3 is 2.93 bits per heavy atom. The number of halogens is 3. The van der Waals surface area contributed by atoms with E-state index in [9.17, 15) is 9.18 Å². The predicted molar refractivity (Wildman–Crippen MR) is 98.9 cm³/mol. The van der Waals surface area contributed by atoms with Crippen molar-refractivity contribution in [2.45, 2.75) is 31.9 Å². The van der Waals surface area contributed by atoms with E-state index >= 15 is 4.39 Å². The van der Waals surface area contributed by atoms with Crippen molar-refractivity contribution in [2.75, 3.05) is 19.5 Å². The molecule has 1 saturated heterocycles. The van der Waals surface area contributed by atoms with Crippen LogP contribution in [0.4, 0.5) is 8.78 Å². The number of nitrogens with one attached hydrogen (secondary N) is 1. The van der Waals surface area contributed by atoms with Gasteiger partial charge >= 0.3 is 0 Å². The third-order valence-corrected chi connectivity index (χ3v) is 4.14. The number of alkyl halides is 1. The van der Waals surface area contributed by atoms with E-state index in [1.165, 1.54) is 12.4 Å². The summed E-state index contributed by atoms with van der Waals surface area (Å²) in [6, 6.07) is 2.92. The number of piperidine rings is 1. The van der Waals surface area contributed by atoms with Gasteiger partial charge in [-0.15, -0.1) is 0 Å². The molecule has 8 heteroatoms. The summed E-state index contributed by atoms with van der Waals surface area (Å²) in [6.07, 6.45) is -1.37. The smallest absolute Gasteiger partial charge is 0.253 e. The van der Waals surface area contributed by atoms with E-state index in [1.807, 2.05) is 0 Å². The minimum Gasteiger partial charge on any atom is -0.338 e. The van der Waals surface area contributed by atoms with Crippen molar-refractivity contribution >= 4 is 17.5 Å². The Balaban J connectivity index is 1.87. The molecule has 0 bridgehead atoms. The maximum atomic E-state index is 16.0. The zero-order valence-electron chi connectivity index (χ0n) is 20.4. The average molecular weight is 401 g/mol. The van der Waals surface area contributed by atoms with E-state index in [2.05, 4.69) is 15.3 Å². The quantitative estimate of drug-likeness (QED) is 0.836. The van der Waals surface area contributed by atoms with Gasteiger partial charge in [-0.1, -0.05) is 11.6 Å². The Morgan fingerprint density at radius 2 is 2.22 bits per heavy atom. The van der Waals surface area contributed by atoms with Crippen molar-refractivity contribution in [3.8, 4) is 0 Å². The number of carbonyl (C=O) groups is 1. The van der Waals surface area contributed by atoms with Gasteiger partial charge in [0.05, 0.1) is 11.6 Å². The Morgan fingerprint density at radius 1 is 1.48 bits per heavy atom. The molecule has 2 aromatic rings. The monoisotopic (exact) mass is 400 g/mol. The maximum Gasteiger partial charge on any atom is 0.253 e. The Labute approximate surface area is 170 Å². The van der Waals surface area contributed by atoms with Crippen molar-refractivity contribution in [1.82, 2.24) is 20.2 Å². The first kappa shape index (κ1) is 13.1. The van der Waals surface area contributed by atoms with Gasteiger partial charge in [0.2, 0.25) is 0 Å². The van der Waals surface area contributed by atoms with Crippen LogP contribution in [-0.4, -0.2) is 46.0 Å². The lowest BCUT2D eigenvalue weighted by molar-refractivity contribution is 0.0434. The summed E-state index contributed by atoms with van der Waals surface area (Å²) >= 11 is 5.68. The molecule has 0 aliphatic carbocycles. The number of nitrogens with zero attached hydrogens (tertiary/aromatic N) is 3. The lowest BCUT2D eigenvalue weighted by atomic mass is 9.92. The number of carbonyl (C=O) groups excluding carboxylic acids is 1. The molecule has 1 N–H and O–H groups in total. The zero-order chi connectivity index (χ0) is 24.8. The number of hydrogen-bond acceptors (Lipinski definition) is 4. The molecule has 1 atom stereocenters. The second-order valence-electron chi connectivity index (χ2n) is 6.03. The van der Waals surface area contributed by atoms with Gasteiger partial charge in [-0.2, -0.15) is 0 Å². The molecule has 2 heterocycles. The van der Waals surface area contributed by atoms with Crippen LogP contribution in [0.3, 0.4) is 0 Å². The van der Waals surface area contributed by atoms with Gasteiger partial charge in [0.25, 0.3) is 5.91 Å². The van der Waals surface area contributed by atoms with Crippen LogP contribution in [0.2, 0.25) is 5.02 Å². The summed E-state index contributed by atoms with van der Waals surface area (Å²) in [4.78, 5) is 21.3. The zero-order valence-corrected chi connectivity index (χ0v) is 15.1. The van der Waals surface area contributed by atoms with Crippen molar-refractivity contribution < 1.29 is 21.8 Å². The molecule has 1 aliphatic heterocycles. The Bertz CT molecular complexity index is 1060. The van der Waals surface area contributed by atoms with E-state index in [0.29, 0.717) is 4.90 Å². The Hall–Kier alpha value is -2.12.